The first-order valence-electron chi connectivity index (χ1n) is 7.36. The summed E-state index contributed by atoms with van der Waals surface area (Å²) in [6, 6.07) is 5.16. The van der Waals surface area contributed by atoms with Gasteiger partial charge in [-0.05, 0) is 31.9 Å². The van der Waals surface area contributed by atoms with Gasteiger partial charge >= 0.3 is 0 Å². The number of hydrogen-bond acceptors (Lipinski definition) is 3. The van der Waals surface area contributed by atoms with Crippen LogP contribution in [-0.2, 0) is 9.47 Å². The van der Waals surface area contributed by atoms with Gasteiger partial charge in [0.25, 0.3) is 0 Å². The van der Waals surface area contributed by atoms with Crippen LogP contribution < -0.4 is 0 Å². The molecule has 2 aliphatic rings. The first-order valence-corrected chi connectivity index (χ1v) is 8.11. The quantitative estimate of drug-likeness (QED) is 0.828. The Balaban J connectivity index is 1.99. The number of allylic oxidation sites excluding steroid dienone is 1. The predicted octanol–water partition coefficient (Wildman–Crippen LogP) is 5.13. The van der Waals surface area contributed by atoms with E-state index in [4.69, 9.17) is 32.7 Å². The second-order valence-electron chi connectivity index (χ2n) is 5.69. The molecule has 22 heavy (non-hydrogen) atoms. The van der Waals surface area contributed by atoms with E-state index in [1.807, 2.05) is 6.92 Å². The van der Waals surface area contributed by atoms with Gasteiger partial charge in [0.2, 0.25) is 0 Å². The van der Waals surface area contributed by atoms with E-state index in [1.165, 1.54) is 0 Å². The van der Waals surface area contributed by atoms with Gasteiger partial charge in [-0.25, -0.2) is 0 Å². The van der Waals surface area contributed by atoms with E-state index in [0.29, 0.717) is 46.4 Å². The molecule has 3 nitrogen and oxygen atoms in total. The molecule has 2 unspecified atom stereocenters. The molecule has 1 aliphatic heterocycles. The summed E-state index contributed by atoms with van der Waals surface area (Å²) in [7, 11) is 0. The van der Waals surface area contributed by atoms with Crippen LogP contribution in [0.15, 0.2) is 36.3 Å². The number of ether oxygens (including phenoxy) is 2. The lowest BCUT2D eigenvalue weighted by atomic mass is 9.95. The van der Waals surface area contributed by atoms with Gasteiger partial charge in [0.15, 0.2) is 5.60 Å². The maximum absolute atomic E-state index is 10.8. The minimum absolute atomic E-state index is 0.0972. The van der Waals surface area contributed by atoms with Crippen molar-refractivity contribution in [1.29, 1.82) is 0 Å². The zero-order valence-electron chi connectivity index (χ0n) is 12.4. The largest absolute Gasteiger partial charge is 0.507 e. The van der Waals surface area contributed by atoms with Crippen molar-refractivity contribution in [1.82, 2.24) is 0 Å². The van der Waals surface area contributed by atoms with Crippen LogP contribution in [0, 0.1) is 0 Å². The Morgan fingerprint density at radius 1 is 1.45 bits per heavy atom. The molecule has 0 saturated heterocycles. The van der Waals surface area contributed by atoms with Crippen LogP contribution in [-0.4, -0.2) is 23.4 Å². The smallest absolute Gasteiger partial charge is 0.168 e. The highest BCUT2D eigenvalue weighted by Crippen LogP contribution is 2.51. The third-order valence-electron chi connectivity index (χ3n) is 4.30. The van der Waals surface area contributed by atoms with Crippen LogP contribution in [0.4, 0.5) is 0 Å². The monoisotopic (exact) mass is 340 g/mol. The minimum atomic E-state index is -0.727. The second kappa shape index (κ2) is 5.80. The summed E-state index contributed by atoms with van der Waals surface area (Å²) in [6.45, 7) is 6.56. The number of halogens is 2. The van der Waals surface area contributed by atoms with Gasteiger partial charge in [-0.1, -0.05) is 35.8 Å². The Kier molecular flexibility index (Phi) is 4.15. The van der Waals surface area contributed by atoms with E-state index >= 15 is 0 Å². The fraction of sp³-hybridized carbons (Fsp3) is 0.412. The molecule has 5 heteroatoms. The van der Waals surface area contributed by atoms with E-state index in [1.54, 1.807) is 18.2 Å². The number of hydrogen-bond donors (Lipinski definition) is 1. The highest BCUT2D eigenvalue weighted by molar-refractivity contribution is 6.35. The number of rotatable bonds is 3. The zero-order valence-corrected chi connectivity index (χ0v) is 13.9. The molecule has 1 aliphatic carbocycles. The van der Waals surface area contributed by atoms with Gasteiger partial charge < -0.3 is 14.6 Å². The van der Waals surface area contributed by atoms with Crippen LogP contribution >= 0.6 is 23.2 Å². The summed E-state index contributed by atoms with van der Waals surface area (Å²) in [4.78, 5) is 0. The van der Waals surface area contributed by atoms with Crippen molar-refractivity contribution in [3.05, 3.63) is 51.9 Å². The third kappa shape index (κ3) is 2.51. The Hall–Kier alpha value is -1.16. The fourth-order valence-electron chi connectivity index (χ4n) is 3.32. The molecule has 1 heterocycles. The molecule has 1 aromatic rings. The van der Waals surface area contributed by atoms with Crippen LogP contribution in [0.2, 0.25) is 10.0 Å². The molecular weight excluding hydrogens is 323 g/mol. The highest BCUT2D eigenvalue weighted by atomic mass is 35.5. The normalized spacial score (nSPS) is 27.8. The van der Waals surface area contributed by atoms with Gasteiger partial charge in [0.1, 0.15) is 11.5 Å². The number of aliphatic hydroxyl groups excluding tert-OH is 1. The summed E-state index contributed by atoms with van der Waals surface area (Å²) < 4.78 is 11.6. The molecule has 118 valence electrons. The van der Waals surface area contributed by atoms with Crippen molar-refractivity contribution < 1.29 is 14.6 Å². The van der Waals surface area contributed by atoms with E-state index < -0.39 is 5.60 Å². The lowest BCUT2D eigenvalue weighted by molar-refractivity contribution is 0.00530. The SMILES string of the molecule is C=C1OC2(CCC(OCC)C2)C(O)=C1c1ccc(Cl)cc1Cl. The first kappa shape index (κ1) is 15.7. The van der Waals surface area contributed by atoms with Crippen LogP contribution in [0.5, 0.6) is 0 Å². The molecule has 3 rings (SSSR count). The number of aliphatic hydroxyl groups is 1. The molecule has 1 N–H and O–H groups in total. The third-order valence-corrected chi connectivity index (χ3v) is 4.84. The van der Waals surface area contributed by atoms with E-state index in [0.717, 1.165) is 6.42 Å². The van der Waals surface area contributed by atoms with Crippen molar-refractivity contribution >= 4 is 28.8 Å². The lowest BCUT2D eigenvalue weighted by Crippen LogP contribution is -2.28. The van der Waals surface area contributed by atoms with Gasteiger partial charge in [-0.15, -0.1) is 0 Å². The van der Waals surface area contributed by atoms with Crippen LogP contribution in [0.3, 0.4) is 0 Å². The molecule has 1 fully saturated rings. The molecule has 0 radical (unpaired) electrons. The van der Waals surface area contributed by atoms with Crippen molar-refractivity contribution in [2.75, 3.05) is 6.61 Å². The van der Waals surface area contributed by atoms with E-state index in [9.17, 15) is 5.11 Å². The Morgan fingerprint density at radius 3 is 2.91 bits per heavy atom. The molecule has 0 bridgehead atoms. The maximum Gasteiger partial charge on any atom is 0.168 e. The highest BCUT2D eigenvalue weighted by Gasteiger charge is 2.51. The standard InChI is InChI=1S/C17H18Cl2O3/c1-3-21-12-6-7-17(9-12)16(20)15(10(2)22-17)13-5-4-11(18)8-14(13)19/h4-5,8,12,20H,2-3,6-7,9H2,1H3. The minimum Gasteiger partial charge on any atom is -0.507 e. The maximum atomic E-state index is 10.8. The molecule has 0 aromatic heterocycles. The van der Waals surface area contributed by atoms with Gasteiger partial charge in [0, 0.05) is 23.6 Å². The van der Waals surface area contributed by atoms with Gasteiger partial charge in [-0.2, -0.15) is 0 Å². The zero-order chi connectivity index (χ0) is 15.9. The topological polar surface area (TPSA) is 38.7 Å². The molecule has 2 atom stereocenters. The molecular formula is C17H18Cl2O3. The van der Waals surface area contributed by atoms with Crippen molar-refractivity contribution in [2.24, 2.45) is 0 Å². The average Bonchev–Trinajstić information content (AvgIpc) is 2.95. The van der Waals surface area contributed by atoms with E-state index in [-0.39, 0.29) is 11.9 Å². The molecule has 1 saturated carbocycles. The first-order chi connectivity index (χ1) is 10.5. The average molecular weight is 341 g/mol. The van der Waals surface area contributed by atoms with Crippen molar-refractivity contribution in [2.45, 2.75) is 37.9 Å². The van der Waals surface area contributed by atoms with Crippen LogP contribution in [0.25, 0.3) is 5.57 Å². The molecule has 1 aromatic carbocycles. The van der Waals surface area contributed by atoms with Crippen LogP contribution in [0.1, 0.15) is 31.7 Å². The molecule has 0 amide bonds. The Labute approximate surface area is 140 Å². The summed E-state index contributed by atoms with van der Waals surface area (Å²) in [5, 5.41) is 11.8. The predicted molar refractivity (Wildman–Crippen MR) is 88.2 cm³/mol. The number of benzene rings is 1. The van der Waals surface area contributed by atoms with Gasteiger partial charge in [0.05, 0.1) is 16.7 Å². The van der Waals surface area contributed by atoms with Crippen molar-refractivity contribution in [3.63, 3.8) is 0 Å². The second-order valence-corrected chi connectivity index (χ2v) is 6.53. The van der Waals surface area contributed by atoms with Crippen molar-refractivity contribution in [3.8, 4) is 0 Å². The summed E-state index contributed by atoms with van der Waals surface area (Å²) in [6.07, 6.45) is 2.28. The summed E-state index contributed by atoms with van der Waals surface area (Å²) in [5.41, 5.74) is 0.527. The van der Waals surface area contributed by atoms with Gasteiger partial charge in [-0.3, -0.25) is 0 Å². The summed E-state index contributed by atoms with van der Waals surface area (Å²) in [5.74, 6) is 0.641. The summed E-state index contributed by atoms with van der Waals surface area (Å²) >= 11 is 12.2. The Bertz CT molecular complexity index is 653. The fourth-order valence-corrected chi connectivity index (χ4v) is 3.82. The Morgan fingerprint density at radius 2 is 2.23 bits per heavy atom. The lowest BCUT2D eigenvalue weighted by Gasteiger charge is -2.23. The van der Waals surface area contributed by atoms with E-state index in [2.05, 4.69) is 6.58 Å². The molecule has 1 spiro atoms.